The first-order valence-electron chi connectivity index (χ1n) is 4.67. The van der Waals surface area contributed by atoms with E-state index >= 15 is 0 Å². The SMILES string of the molecule is CCOCCS(=O)(=O)NCCC(C)Cl. The van der Waals surface area contributed by atoms with Crippen LogP contribution in [0.3, 0.4) is 0 Å². The van der Waals surface area contributed by atoms with Crippen LogP contribution in [-0.2, 0) is 14.8 Å². The molecule has 0 amide bonds. The maximum atomic E-state index is 11.3. The molecule has 0 rings (SSSR count). The maximum absolute atomic E-state index is 11.3. The lowest BCUT2D eigenvalue weighted by Gasteiger charge is -2.07. The number of rotatable bonds is 8. The van der Waals surface area contributed by atoms with Gasteiger partial charge in [-0.1, -0.05) is 0 Å². The molecular formula is C8H18ClNO3S. The standard InChI is InChI=1S/C8H18ClNO3S/c1-3-13-6-7-14(11,12)10-5-4-8(2)9/h8,10H,3-7H2,1-2H3. The van der Waals surface area contributed by atoms with E-state index in [4.69, 9.17) is 16.3 Å². The Balaban J connectivity index is 3.62. The van der Waals surface area contributed by atoms with Crippen LogP contribution >= 0.6 is 11.6 Å². The van der Waals surface area contributed by atoms with E-state index in [1.54, 1.807) is 0 Å². The van der Waals surface area contributed by atoms with E-state index in [0.717, 1.165) is 0 Å². The van der Waals surface area contributed by atoms with Crippen LogP contribution in [0.25, 0.3) is 0 Å². The van der Waals surface area contributed by atoms with Crippen LogP contribution in [0.4, 0.5) is 0 Å². The largest absolute Gasteiger partial charge is 0.381 e. The van der Waals surface area contributed by atoms with Crippen molar-refractivity contribution < 1.29 is 13.2 Å². The summed E-state index contributed by atoms with van der Waals surface area (Å²) in [5, 5.41) is -0.00964. The van der Waals surface area contributed by atoms with Crippen LogP contribution in [-0.4, -0.2) is 39.3 Å². The van der Waals surface area contributed by atoms with E-state index in [1.165, 1.54) is 0 Å². The van der Waals surface area contributed by atoms with Gasteiger partial charge in [0, 0.05) is 18.5 Å². The van der Waals surface area contributed by atoms with Gasteiger partial charge in [0.1, 0.15) is 0 Å². The zero-order valence-corrected chi connectivity index (χ0v) is 10.2. The van der Waals surface area contributed by atoms with Gasteiger partial charge in [0.2, 0.25) is 10.0 Å². The van der Waals surface area contributed by atoms with Gasteiger partial charge in [-0.05, 0) is 20.3 Å². The lowest BCUT2D eigenvalue weighted by molar-refractivity contribution is 0.163. The average Bonchev–Trinajstić information content (AvgIpc) is 2.03. The van der Waals surface area contributed by atoms with E-state index in [9.17, 15) is 8.42 Å². The molecule has 0 saturated heterocycles. The third kappa shape index (κ3) is 8.74. The average molecular weight is 244 g/mol. The van der Waals surface area contributed by atoms with Gasteiger partial charge in [-0.15, -0.1) is 11.6 Å². The fourth-order valence-electron chi connectivity index (χ4n) is 0.798. The molecule has 0 spiro atoms. The molecule has 0 aromatic rings. The van der Waals surface area contributed by atoms with Gasteiger partial charge in [-0.25, -0.2) is 13.1 Å². The van der Waals surface area contributed by atoms with Crippen molar-refractivity contribution in [1.29, 1.82) is 0 Å². The zero-order valence-electron chi connectivity index (χ0n) is 8.62. The van der Waals surface area contributed by atoms with E-state index in [1.807, 2.05) is 13.8 Å². The summed E-state index contributed by atoms with van der Waals surface area (Å²) in [4.78, 5) is 0. The fourth-order valence-corrected chi connectivity index (χ4v) is 1.82. The molecule has 0 bridgehead atoms. The molecule has 4 nitrogen and oxygen atoms in total. The Morgan fingerprint density at radius 1 is 1.50 bits per heavy atom. The van der Waals surface area contributed by atoms with Crippen molar-refractivity contribution in [1.82, 2.24) is 4.72 Å². The van der Waals surface area contributed by atoms with Gasteiger partial charge in [0.25, 0.3) is 0 Å². The molecule has 0 saturated carbocycles. The summed E-state index contributed by atoms with van der Waals surface area (Å²) in [6.45, 7) is 4.82. The van der Waals surface area contributed by atoms with Crippen molar-refractivity contribution in [2.45, 2.75) is 25.6 Å². The molecule has 86 valence electrons. The van der Waals surface area contributed by atoms with Crippen LogP contribution in [0, 0.1) is 0 Å². The van der Waals surface area contributed by atoms with Crippen molar-refractivity contribution >= 4 is 21.6 Å². The molecule has 14 heavy (non-hydrogen) atoms. The van der Waals surface area contributed by atoms with E-state index < -0.39 is 10.0 Å². The second kappa shape index (κ2) is 7.45. The zero-order chi connectivity index (χ0) is 11.0. The Morgan fingerprint density at radius 2 is 2.14 bits per heavy atom. The minimum absolute atomic E-state index is 0.00964. The molecule has 1 N–H and O–H groups in total. The molecule has 0 aliphatic heterocycles. The van der Waals surface area contributed by atoms with Crippen molar-refractivity contribution in [2.24, 2.45) is 0 Å². The first kappa shape index (κ1) is 14.2. The Hall–Kier alpha value is 0.160. The van der Waals surface area contributed by atoms with Gasteiger partial charge in [0.05, 0.1) is 12.4 Å². The molecule has 1 unspecified atom stereocenters. The molecule has 0 aliphatic rings. The predicted octanol–water partition coefficient (Wildman–Crippen LogP) is 0.960. The highest BCUT2D eigenvalue weighted by atomic mass is 35.5. The summed E-state index contributed by atoms with van der Waals surface area (Å²) in [5.41, 5.74) is 0. The van der Waals surface area contributed by atoms with Crippen molar-refractivity contribution in [3.63, 3.8) is 0 Å². The molecule has 1 atom stereocenters. The summed E-state index contributed by atoms with van der Waals surface area (Å²) in [6.07, 6.45) is 0.634. The van der Waals surface area contributed by atoms with Crippen LogP contribution in [0.5, 0.6) is 0 Å². The van der Waals surface area contributed by atoms with Gasteiger partial charge in [0.15, 0.2) is 0 Å². The number of halogens is 1. The second-order valence-electron chi connectivity index (χ2n) is 2.98. The number of nitrogens with one attached hydrogen (secondary N) is 1. The topological polar surface area (TPSA) is 55.4 Å². The number of sulfonamides is 1. The van der Waals surface area contributed by atoms with Gasteiger partial charge in [-0.2, -0.15) is 0 Å². The van der Waals surface area contributed by atoms with Crippen molar-refractivity contribution in [3.8, 4) is 0 Å². The van der Waals surface area contributed by atoms with Crippen LogP contribution in [0.15, 0.2) is 0 Å². The van der Waals surface area contributed by atoms with E-state index in [-0.39, 0.29) is 17.7 Å². The lowest BCUT2D eigenvalue weighted by Crippen LogP contribution is -2.30. The normalized spacial score (nSPS) is 14.2. The monoisotopic (exact) mass is 243 g/mol. The quantitative estimate of drug-likeness (QED) is 0.510. The molecular weight excluding hydrogens is 226 g/mol. The highest BCUT2D eigenvalue weighted by molar-refractivity contribution is 7.89. The summed E-state index contributed by atoms with van der Waals surface area (Å²) in [6, 6.07) is 0. The molecule has 0 fully saturated rings. The molecule has 0 aliphatic carbocycles. The molecule has 0 heterocycles. The Bertz CT molecular complexity index is 229. The molecule has 6 heteroatoms. The first-order chi connectivity index (χ1) is 6.48. The van der Waals surface area contributed by atoms with Crippen LogP contribution < -0.4 is 4.72 Å². The summed E-state index contributed by atoms with van der Waals surface area (Å²) < 4.78 is 29.9. The van der Waals surface area contributed by atoms with Crippen LogP contribution in [0.1, 0.15) is 20.3 Å². The Morgan fingerprint density at radius 3 is 2.64 bits per heavy atom. The van der Waals surface area contributed by atoms with Crippen LogP contribution in [0.2, 0.25) is 0 Å². The highest BCUT2D eigenvalue weighted by Gasteiger charge is 2.09. The number of hydrogen-bond donors (Lipinski definition) is 1. The minimum atomic E-state index is -3.18. The van der Waals surface area contributed by atoms with E-state index in [2.05, 4.69) is 4.72 Å². The molecule has 0 aromatic heterocycles. The lowest BCUT2D eigenvalue weighted by atomic mass is 10.3. The maximum Gasteiger partial charge on any atom is 0.213 e. The summed E-state index contributed by atoms with van der Waals surface area (Å²) in [7, 11) is -3.18. The number of ether oxygens (including phenoxy) is 1. The Kier molecular flexibility index (Phi) is 7.54. The summed E-state index contributed by atoms with van der Waals surface area (Å²) >= 11 is 5.67. The minimum Gasteiger partial charge on any atom is -0.381 e. The molecule has 0 radical (unpaired) electrons. The van der Waals surface area contributed by atoms with E-state index in [0.29, 0.717) is 19.6 Å². The third-order valence-corrected chi connectivity index (χ3v) is 3.13. The molecule has 0 aromatic carbocycles. The smallest absolute Gasteiger partial charge is 0.213 e. The Labute approximate surface area is 91.0 Å². The van der Waals surface area contributed by atoms with Crippen molar-refractivity contribution in [3.05, 3.63) is 0 Å². The first-order valence-corrected chi connectivity index (χ1v) is 6.76. The predicted molar refractivity (Wildman–Crippen MR) is 58.2 cm³/mol. The second-order valence-corrected chi connectivity index (χ2v) is 5.65. The van der Waals surface area contributed by atoms with Gasteiger partial charge >= 0.3 is 0 Å². The third-order valence-electron chi connectivity index (χ3n) is 1.56. The highest BCUT2D eigenvalue weighted by Crippen LogP contribution is 1.98. The summed E-state index contributed by atoms with van der Waals surface area (Å²) in [5.74, 6) is 0.0114. The fraction of sp³-hybridized carbons (Fsp3) is 1.00. The number of hydrogen-bond acceptors (Lipinski definition) is 3. The van der Waals surface area contributed by atoms with Gasteiger partial charge < -0.3 is 4.74 Å². The number of alkyl halides is 1. The van der Waals surface area contributed by atoms with Gasteiger partial charge in [-0.3, -0.25) is 0 Å². The van der Waals surface area contributed by atoms with Crippen molar-refractivity contribution in [2.75, 3.05) is 25.5 Å².